The summed E-state index contributed by atoms with van der Waals surface area (Å²) in [7, 11) is 0. The topological polar surface area (TPSA) is 34.6 Å². The summed E-state index contributed by atoms with van der Waals surface area (Å²) in [5.41, 5.74) is 1.22. The lowest BCUT2D eigenvalue weighted by Gasteiger charge is -2.38. The summed E-state index contributed by atoms with van der Waals surface area (Å²) >= 11 is 1.91. The maximum Gasteiger partial charge on any atom is 0.0840 e. The molecule has 2 aromatic heterocycles. The number of nitrogens with zero attached hydrogens (tertiary/aromatic N) is 2. The highest BCUT2D eigenvalue weighted by Gasteiger charge is 2.43. The monoisotopic (exact) mass is 358 g/mol. The number of thiophene rings is 1. The molecule has 0 aromatic carbocycles. The number of piperidine rings is 1. The Morgan fingerprint density at radius 1 is 1.24 bits per heavy atom. The lowest BCUT2D eigenvalue weighted by molar-refractivity contribution is -0.0467. The molecule has 0 amide bonds. The van der Waals surface area contributed by atoms with Gasteiger partial charge in [0.15, 0.2) is 0 Å². The zero-order chi connectivity index (χ0) is 17.1. The average Bonchev–Trinajstić information content (AvgIpc) is 3.23. The Bertz CT molecular complexity index is 680. The Morgan fingerprint density at radius 3 is 2.76 bits per heavy atom. The smallest absolute Gasteiger partial charge is 0.0840 e. The maximum atomic E-state index is 6.22. The van der Waals surface area contributed by atoms with E-state index in [0.717, 1.165) is 45.5 Å². The summed E-state index contributed by atoms with van der Waals surface area (Å²) in [6.45, 7) is 6.88. The van der Waals surface area contributed by atoms with E-state index in [9.17, 15) is 0 Å². The molecule has 0 N–H and O–H groups in total. The molecule has 1 spiro atoms. The minimum atomic E-state index is 0.0464. The van der Waals surface area contributed by atoms with Gasteiger partial charge in [0, 0.05) is 48.2 Å². The largest absolute Gasteiger partial charge is 0.372 e. The number of likely N-dealkylation sites (tertiary alicyclic amines) is 1. The first-order valence-electron chi connectivity index (χ1n) is 9.13. The number of ether oxygens (including phenoxy) is 2. The first kappa shape index (κ1) is 17.2. The molecule has 4 rings (SSSR count). The number of hydrogen-bond donors (Lipinski definition) is 0. The summed E-state index contributed by atoms with van der Waals surface area (Å²) in [6, 6.07) is 8.50. The first-order valence-corrected chi connectivity index (χ1v) is 9.95. The van der Waals surface area contributed by atoms with E-state index in [4.69, 9.17) is 9.47 Å². The van der Waals surface area contributed by atoms with E-state index in [1.807, 2.05) is 35.9 Å². The molecule has 134 valence electrons. The zero-order valence-corrected chi connectivity index (χ0v) is 15.6. The lowest BCUT2D eigenvalue weighted by Crippen LogP contribution is -2.43. The molecule has 2 aromatic rings. The first-order chi connectivity index (χ1) is 12.2. The molecule has 2 aliphatic heterocycles. The molecule has 0 saturated carbocycles. The van der Waals surface area contributed by atoms with Gasteiger partial charge in [-0.15, -0.1) is 11.3 Å². The molecule has 0 aliphatic carbocycles. The van der Waals surface area contributed by atoms with Crippen molar-refractivity contribution in [2.24, 2.45) is 0 Å². The maximum absolute atomic E-state index is 6.22. The van der Waals surface area contributed by atoms with E-state index in [2.05, 4.69) is 28.9 Å². The minimum absolute atomic E-state index is 0.0464. The second kappa shape index (κ2) is 7.54. The normalized spacial score (nSPS) is 23.3. The number of pyridine rings is 1. The SMILES string of the molecule is Cc1ccc(CN2CCC3(CC2)CC(OCc2ccncc2)CO3)s1. The van der Waals surface area contributed by atoms with Crippen molar-refractivity contribution in [2.75, 3.05) is 19.7 Å². The van der Waals surface area contributed by atoms with Crippen molar-refractivity contribution in [2.45, 2.75) is 51.0 Å². The lowest BCUT2D eigenvalue weighted by atomic mass is 9.88. The predicted octanol–water partition coefficient (Wildman–Crippen LogP) is 3.79. The van der Waals surface area contributed by atoms with E-state index in [1.54, 1.807) is 0 Å². The van der Waals surface area contributed by atoms with Gasteiger partial charge in [-0.05, 0) is 49.6 Å². The molecule has 4 heterocycles. The highest BCUT2D eigenvalue weighted by atomic mass is 32.1. The van der Waals surface area contributed by atoms with Crippen molar-refractivity contribution >= 4 is 11.3 Å². The van der Waals surface area contributed by atoms with Gasteiger partial charge in [0.2, 0.25) is 0 Å². The van der Waals surface area contributed by atoms with Crippen LogP contribution in [0.1, 0.15) is 34.6 Å². The Hall–Kier alpha value is -1.27. The van der Waals surface area contributed by atoms with Crippen LogP contribution >= 0.6 is 11.3 Å². The summed E-state index contributed by atoms with van der Waals surface area (Å²) in [5.74, 6) is 0. The Morgan fingerprint density at radius 2 is 2.04 bits per heavy atom. The van der Waals surface area contributed by atoms with Gasteiger partial charge in [-0.25, -0.2) is 0 Å². The summed E-state index contributed by atoms with van der Waals surface area (Å²) < 4.78 is 12.3. The zero-order valence-electron chi connectivity index (χ0n) is 14.8. The second-order valence-corrected chi connectivity index (χ2v) is 8.65. The fourth-order valence-electron chi connectivity index (χ4n) is 3.86. The molecular formula is C20H26N2O2S. The predicted molar refractivity (Wildman–Crippen MR) is 99.7 cm³/mol. The average molecular weight is 359 g/mol. The van der Waals surface area contributed by atoms with Crippen LogP contribution in [0.25, 0.3) is 0 Å². The molecule has 2 aliphatic rings. The molecule has 0 radical (unpaired) electrons. The van der Waals surface area contributed by atoms with Gasteiger partial charge >= 0.3 is 0 Å². The van der Waals surface area contributed by atoms with E-state index in [1.165, 1.54) is 15.3 Å². The van der Waals surface area contributed by atoms with Crippen molar-refractivity contribution in [1.29, 1.82) is 0 Å². The van der Waals surface area contributed by atoms with Crippen LogP contribution in [0.2, 0.25) is 0 Å². The van der Waals surface area contributed by atoms with Gasteiger partial charge in [-0.1, -0.05) is 0 Å². The highest BCUT2D eigenvalue weighted by molar-refractivity contribution is 7.11. The summed E-state index contributed by atoms with van der Waals surface area (Å²) in [4.78, 5) is 9.48. The second-order valence-electron chi connectivity index (χ2n) is 7.28. The molecule has 0 bridgehead atoms. The minimum Gasteiger partial charge on any atom is -0.372 e. The van der Waals surface area contributed by atoms with Crippen LogP contribution in [0, 0.1) is 6.92 Å². The molecule has 25 heavy (non-hydrogen) atoms. The summed E-state index contributed by atoms with van der Waals surface area (Å²) in [5, 5.41) is 0. The Balaban J connectivity index is 1.24. The van der Waals surface area contributed by atoms with Crippen LogP contribution < -0.4 is 0 Å². The van der Waals surface area contributed by atoms with E-state index < -0.39 is 0 Å². The van der Waals surface area contributed by atoms with Crippen LogP contribution in [0.4, 0.5) is 0 Å². The van der Waals surface area contributed by atoms with Crippen LogP contribution in [0.5, 0.6) is 0 Å². The molecule has 5 heteroatoms. The van der Waals surface area contributed by atoms with Crippen LogP contribution in [0.15, 0.2) is 36.7 Å². The van der Waals surface area contributed by atoms with E-state index >= 15 is 0 Å². The Labute approximate surface area is 153 Å². The molecule has 2 saturated heterocycles. The fraction of sp³-hybridized carbons (Fsp3) is 0.550. The van der Waals surface area contributed by atoms with Crippen molar-refractivity contribution in [3.63, 3.8) is 0 Å². The molecule has 2 fully saturated rings. The number of aromatic nitrogens is 1. The van der Waals surface area contributed by atoms with E-state index in [0.29, 0.717) is 6.61 Å². The molecule has 1 unspecified atom stereocenters. The molecule has 4 nitrogen and oxygen atoms in total. The molecule has 1 atom stereocenters. The Kier molecular flexibility index (Phi) is 5.17. The quantitative estimate of drug-likeness (QED) is 0.814. The van der Waals surface area contributed by atoms with Crippen molar-refractivity contribution in [3.8, 4) is 0 Å². The number of rotatable bonds is 5. The number of hydrogen-bond acceptors (Lipinski definition) is 5. The third-order valence-corrected chi connectivity index (χ3v) is 6.34. The van der Waals surface area contributed by atoms with Crippen LogP contribution in [-0.4, -0.2) is 41.3 Å². The third-order valence-electron chi connectivity index (χ3n) is 5.35. The van der Waals surface area contributed by atoms with Crippen molar-refractivity contribution < 1.29 is 9.47 Å². The highest BCUT2D eigenvalue weighted by Crippen LogP contribution is 2.37. The fourth-order valence-corrected chi connectivity index (χ4v) is 4.79. The van der Waals surface area contributed by atoms with Crippen molar-refractivity contribution in [3.05, 3.63) is 52.0 Å². The number of aryl methyl sites for hydroxylation is 1. The van der Waals surface area contributed by atoms with Crippen molar-refractivity contribution in [1.82, 2.24) is 9.88 Å². The van der Waals surface area contributed by atoms with Gasteiger partial charge in [-0.3, -0.25) is 9.88 Å². The molecular weight excluding hydrogens is 332 g/mol. The van der Waals surface area contributed by atoms with E-state index in [-0.39, 0.29) is 11.7 Å². The van der Waals surface area contributed by atoms with Gasteiger partial charge < -0.3 is 9.47 Å². The van der Waals surface area contributed by atoms with Gasteiger partial charge in [0.1, 0.15) is 0 Å². The summed E-state index contributed by atoms with van der Waals surface area (Å²) in [6.07, 6.45) is 7.12. The van der Waals surface area contributed by atoms with Gasteiger partial charge in [-0.2, -0.15) is 0 Å². The van der Waals surface area contributed by atoms with Gasteiger partial charge in [0.05, 0.1) is 24.9 Å². The van der Waals surface area contributed by atoms with Gasteiger partial charge in [0.25, 0.3) is 0 Å². The van der Waals surface area contributed by atoms with Crippen LogP contribution in [0.3, 0.4) is 0 Å². The van der Waals surface area contributed by atoms with Crippen LogP contribution in [-0.2, 0) is 22.6 Å². The third kappa shape index (κ3) is 4.29. The standard InChI is InChI=1S/C20H26N2O2S/c1-16-2-3-19(25-16)13-22-10-6-20(7-11-22)12-18(15-24-20)23-14-17-4-8-21-9-5-17/h2-5,8-9,18H,6-7,10-15H2,1H3.